The molecule has 0 fully saturated rings. The lowest BCUT2D eigenvalue weighted by Gasteiger charge is -2.26. The van der Waals surface area contributed by atoms with Crippen LogP contribution >= 0.6 is 0 Å². The van der Waals surface area contributed by atoms with Gasteiger partial charge < -0.3 is 9.32 Å². The molecule has 0 N–H and O–H groups in total. The van der Waals surface area contributed by atoms with Crippen LogP contribution in [0.3, 0.4) is 0 Å². The van der Waals surface area contributed by atoms with E-state index in [0.717, 1.165) is 37.7 Å². The summed E-state index contributed by atoms with van der Waals surface area (Å²) in [6, 6.07) is 1.45. The van der Waals surface area contributed by atoms with Crippen molar-refractivity contribution in [2.24, 2.45) is 0 Å². The van der Waals surface area contributed by atoms with E-state index in [1.54, 1.807) is 18.2 Å². The Labute approximate surface area is 291 Å². The van der Waals surface area contributed by atoms with Crippen LogP contribution in [-0.2, 0) is 0 Å². The van der Waals surface area contributed by atoms with E-state index in [2.05, 4.69) is 0 Å². The Hall–Kier alpha value is -6.12. The fraction of sp³-hybridized carbons (Fsp3) is 0. The summed E-state index contributed by atoms with van der Waals surface area (Å²) in [5.41, 5.74) is -3.26. The zero-order valence-corrected chi connectivity index (χ0v) is 23.6. The van der Waals surface area contributed by atoms with Gasteiger partial charge in [0.25, 0.3) is 0 Å². The highest BCUT2D eigenvalue weighted by Gasteiger charge is 2.23. The van der Waals surface area contributed by atoms with Crippen molar-refractivity contribution in [3.63, 3.8) is 0 Å². The molecule has 46 heavy (non-hydrogen) atoms. The number of benzene rings is 9. The number of furan rings is 1. The number of rotatable bonds is 5. The van der Waals surface area contributed by atoms with E-state index in [-0.39, 0.29) is 16.7 Å². The van der Waals surface area contributed by atoms with E-state index in [1.165, 1.54) is 0 Å². The highest BCUT2D eigenvalue weighted by molar-refractivity contribution is 6.40. The van der Waals surface area contributed by atoms with Gasteiger partial charge >= 0.3 is 0 Å². The molecule has 0 atom stereocenters. The Balaban J connectivity index is 1.33. The lowest BCUT2D eigenvalue weighted by molar-refractivity contribution is 0.670. The van der Waals surface area contributed by atoms with Crippen molar-refractivity contribution in [1.29, 1.82) is 0 Å². The molecule has 1 aromatic heterocycles. The molecular weight excluding hydrogens is 558 g/mol. The topological polar surface area (TPSA) is 16.4 Å². The molecular formula is C44H27NO. The maximum absolute atomic E-state index is 9.84. The molecule has 0 saturated heterocycles. The average molecular weight is 604 g/mol. The molecule has 10 rings (SSSR count). The van der Waals surface area contributed by atoms with Crippen LogP contribution in [0.25, 0.3) is 76.5 Å². The number of hydrogen-bond donors (Lipinski definition) is 0. The van der Waals surface area contributed by atoms with Crippen LogP contribution in [-0.4, -0.2) is 0 Å². The molecule has 0 bridgehead atoms. The Morgan fingerprint density at radius 2 is 1.11 bits per heavy atom. The largest absolute Gasteiger partial charge is 0.455 e. The van der Waals surface area contributed by atoms with E-state index in [0.29, 0.717) is 15.9 Å². The SMILES string of the molecule is [2H]c1c([2H])c([2H])c(-c2c([2H])c([2H])c(N(c3c([2H])c([2H])c([2H])c([2H])c3[2H])c3c([2H])c([2H])c([2H])c(-c4ccc5c6cccc7ccc8ccc9oc4c5c9c8c76)c3[2H])c([2H])c2[2H])c([2H])c1[2H]. The molecule has 0 aliphatic heterocycles. The van der Waals surface area contributed by atoms with Crippen LogP contribution in [0, 0.1) is 0 Å². The Bertz CT molecular complexity index is 3640. The minimum absolute atomic E-state index is 0.122. The van der Waals surface area contributed by atoms with Crippen LogP contribution in [0.2, 0.25) is 0 Å². The van der Waals surface area contributed by atoms with Crippen molar-refractivity contribution in [2.75, 3.05) is 4.90 Å². The molecule has 2 heteroatoms. The summed E-state index contributed by atoms with van der Waals surface area (Å²) in [5, 5.41) is 7.00. The molecule has 0 aliphatic carbocycles. The summed E-state index contributed by atoms with van der Waals surface area (Å²) in [5.74, 6) is 0. The highest BCUT2D eigenvalue weighted by atomic mass is 16.3. The summed E-state index contributed by atoms with van der Waals surface area (Å²) < 4.78 is 166. The lowest BCUT2D eigenvalue weighted by Crippen LogP contribution is -2.09. The molecule has 0 unspecified atom stereocenters. The third kappa shape index (κ3) is 3.65. The number of hydrogen-bond acceptors (Lipinski definition) is 2. The van der Waals surface area contributed by atoms with Crippen molar-refractivity contribution >= 4 is 71.3 Å². The van der Waals surface area contributed by atoms with Gasteiger partial charge in [0.2, 0.25) is 0 Å². The smallest absolute Gasteiger partial charge is 0.143 e. The van der Waals surface area contributed by atoms with Crippen molar-refractivity contribution in [3.8, 4) is 22.3 Å². The van der Waals surface area contributed by atoms with Crippen molar-refractivity contribution < 1.29 is 29.1 Å². The zero-order valence-electron chi connectivity index (χ0n) is 41.6. The summed E-state index contributed by atoms with van der Waals surface area (Å²) in [7, 11) is 0. The fourth-order valence-electron chi connectivity index (χ4n) is 6.39. The predicted octanol–water partition coefficient (Wildman–Crippen LogP) is 12.7. The Morgan fingerprint density at radius 3 is 1.93 bits per heavy atom. The van der Waals surface area contributed by atoms with Gasteiger partial charge in [0.1, 0.15) is 11.2 Å². The molecule has 214 valence electrons. The van der Waals surface area contributed by atoms with Crippen LogP contribution in [0.4, 0.5) is 17.1 Å². The zero-order chi connectivity index (χ0) is 45.9. The second-order valence-electron chi connectivity index (χ2n) is 10.7. The maximum Gasteiger partial charge on any atom is 0.143 e. The highest BCUT2D eigenvalue weighted by Crippen LogP contribution is 2.48. The van der Waals surface area contributed by atoms with Crippen LogP contribution < -0.4 is 4.90 Å². The molecule has 2 nitrogen and oxygen atoms in total. The minimum atomic E-state index is -1.01. The van der Waals surface area contributed by atoms with Crippen LogP contribution in [0.1, 0.15) is 24.7 Å². The monoisotopic (exact) mass is 603 g/mol. The van der Waals surface area contributed by atoms with Gasteiger partial charge in [0.05, 0.1) is 24.7 Å². The summed E-state index contributed by atoms with van der Waals surface area (Å²) in [6.45, 7) is 0. The van der Waals surface area contributed by atoms with Gasteiger partial charge in [0.15, 0.2) is 0 Å². The molecule has 0 saturated carbocycles. The quantitative estimate of drug-likeness (QED) is 0.144. The third-order valence-corrected chi connectivity index (χ3v) is 8.30. The van der Waals surface area contributed by atoms with Crippen LogP contribution in [0.5, 0.6) is 0 Å². The summed E-state index contributed by atoms with van der Waals surface area (Å²) in [4.78, 5) is 0.617. The number of nitrogens with zero attached hydrogens (tertiary/aromatic N) is 1. The van der Waals surface area contributed by atoms with Gasteiger partial charge in [-0.15, -0.1) is 0 Å². The Morgan fingerprint density at radius 1 is 0.457 bits per heavy atom. The van der Waals surface area contributed by atoms with Crippen molar-refractivity contribution in [2.45, 2.75) is 0 Å². The number of anilines is 3. The molecule has 0 amide bonds. The third-order valence-electron chi connectivity index (χ3n) is 8.30. The predicted molar refractivity (Wildman–Crippen MR) is 194 cm³/mol. The molecule has 0 aliphatic rings. The second-order valence-corrected chi connectivity index (χ2v) is 10.7. The molecule has 1 heterocycles. The van der Waals surface area contributed by atoms with E-state index in [1.807, 2.05) is 36.4 Å². The molecule has 0 radical (unpaired) electrons. The van der Waals surface area contributed by atoms with Gasteiger partial charge in [-0.25, -0.2) is 0 Å². The first-order valence-electron chi connectivity index (χ1n) is 23.3. The van der Waals surface area contributed by atoms with Gasteiger partial charge in [-0.05, 0) is 92.0 Å². The van der Waals surface area contributed by atoms with Crippen LogP contribution in [0.15, 0.2) is 168 Å². The van der Waals surface area contributed by atoms with Gasteiger partial charge in [-0.2, -0.15) is 0 Å². The normalized spacial score (nSPS) is 17.4. The number of fused-ring (bicyclic) bond motifs is 1. The number of para-hydroxylation sites is 1. The molecule has 9 aromatic carbocycles. The summed E-state index contributed by atoms with van der Waals surface area (Å²) >= 11 is 0. The minimum Gasteiger partial charge on any atom is -0.455 e. The fourth-order valence-corrected chi connectivity index (χ4v) is 6.39. The van der Waals surface area contributed by atoms with Gasteiger partial charge in [0, 0.05) is 38.8 Å². The van der Waals surface area contributed by atoms with E-state index < -0.39 is 137 Å². The average Bonchev–Trinajstić information content (AvgIpc) is 3.69. The standard InChI is InChI=1S/C44H27NO/c1-3-9-28(10-4-1)29-19-22-34(23-20-29)45(33-13-5-2-6-14-33)35-15-7-12-32(27-35)36-24-25-38-37-16-8-11-30-17-18-31-21-26-39-43(41(31)40(30)37)42(38)44(36)46-39/h1-27H/i1D,2D,3D,4D,5D,6D,7D,9D,10D,12D,13D,14D,15D,19D,20D,22D,23D,27D. The van der Waals surface area contributed by atoms with E-state index in [4.69, 9.17) is 22.2 Å². The second kappa shape index (κ2) is 9.69. The first-order chi connectivity index (χ1) is 30.3. The maximum atomic E-state index is 9.84. The summed E-state index contributed by atoms with van der Waals surface area (Å²) in [6.07, 6.45) is 0. The van der Waals surface area contributed by atoms with E-state index in [9.17, 15) is 6.85 Å². The van der Waals surface area contributed by atoms with Gasteiger partial charge in [-0.3, -0.25) is 0 Å². The van der Waals surface area contributed by atoms with Crippen molar-refractivity contribution in [1.82, 2.24) is 0 Å². The molecule has 10 aromatic rings. The first kappa shape index (κ1) is 13.5. The Kier molecular flexibility index (Phi) is 2.84. The van der Waals surface area contributed by atoms with E-state index >= 15 is 0 Å². The van der Waals surface area contributed by atoms with Gasteiger partial charge in [-0.1, -0.05) is 115 Å². The lowest BCUT2D eigenvalue weighted by atomic mass is 9.88. The molecule has 0 spiro atoms. The first-order valence-corrected chi connectivity index (χ1v) is 14.3. The van der Waals surface area contributed by atoms with Crippen molar-refractivity contribution in [3.05, 3.63) is 163 Å².